The van der Waals surface area contributed by atoms with Crippen molar-refractivity contribution in [3.63, 3.8) is 0 Å². The van der Waals surface area contributed by atoms with E-state index in [2.05, 4.69) is 5.10 Å². The summed E-state index contributed by atoms with van der Waals surface area (Å²) in [6.45, 7) is 3.31. The maximum atomic E-state index is 12.1. The fraction of sp³-hybridized carbons (Fsp3) is 0.750. The molecule has 0 N–H and O–H groups in total. The van der Waals surface area contributed by atoms with Crippen LogP contribution in [0.5, 0.6) is 0 Å². The highest BCUT2D eigenvalue weighted by atomic mass is 32.2. The van der Waals surface area contributed by atoms with Gasteiger partial charge in [0.15, 0.2) is 0 Å². The lowest BCUT2D eigenvalue weighted by atomic mass is 10.1. The van der Waals surface area contributed by atoms with Crippen LogP contribution >= 0.6 is 0 Å². The molecule has 2 fully saturated rings. The number of nitrogens with zero attached hydrogens (tertiary/aromatic N) is 3. The van der Waals surface area contributed by atoms with Crippen molar-refractivity contribution in [3.8, 4) is 0 Å². The molecule has 3 rings (SSSR count). The van der Waals surface area contributed by atoms with Crippen LogP contribution in [0.3, 0.4) is 0 Å². The van der Waals surface area contributed by atoms with Gasteiger partial charge in [0.25, 0.3) is 0 Å². The number of aryl methyl sites for hydroxylation is 1. The van der Waals surface area contributed by atoms with Crippen LogP contribution in [0.4, 0.5) is 0 Å². The lowest BCUT2D eigenvalue weighted by Gasteiger charge is -2.31. The SMILES string of the molecule is Cc1cnn(C2CCN(S(=O)(=O)C3CC3)CC2)c1. The van der Waals surface area contributed by atoms with Crippen molar-refractivity contribution in [2.45, 2.75) is 43.9 Å². The second kappa shape index (κ2) is 4.35. The maximum absolute atomic E-state index is 12.1. The van der Waals surface area contributed by atoms with Gasteiger partial charge < -0.3 is 0 Å². The van der Waals surface area contributed by atoms with Crippen LogP contribution in [0.15, 0.2) is 12.4 Å². The molecule has 1 aromatic rings. The van der Waals surface area contributed by atoms with E-state index in [1.165, 1.54) is 0 Å². The first-order valence-corrected chi connectivity index (χ1v) is 8.07. The minimum Gasteiger partial charge on any atom is -0.269 e. The normalized spacial score (nSPS) is 23.4. The lowest BCUT2D eigenvalue weighted by Crippen LogP contribution is -2.40. The van der Waals surface area contributed by atoms with Gasteiger partial charge in [-0.05, 0) is 38.2 Å². The molecule has 1 aliphatic heterocycles. The highest BCUT2D eigenvalue weighted by Gasteiger charge is 2.41. The van der Waals surface area contributed by atoms with Gasteiger partial charge in [-0.15, -0.1) is 0 Å². The van der Waals surface area contributed by atoms with Gasteiger partial charge in [-0.2, -0.15) is 5.10 Å². The van der Waals surface area contributed by atoms with Gasteiger partial charge in [-0.1, -0.05) is 0 Å². The summed E-state index contributed by atoms with van der Waals surface area (Å²) in [6, 6.07) is 0.351. The molecule has 100 valence electrons. The molecule has 0 radical (unpaired) electrons. The Morgan fingerprint density at radius 1 is 1.22 bits per heavy atom. The smallest absolute Gasteiger partial charge is 0.216 e. The molecule has 1 saturated carbocycles. The molecule has 1 aliphatic carbocycles. The first-order valence-electron chi connectivity index (χ1n) is 6.57. The van der Waals surface area contributed by atoms with E-state index in [1.54, 1.807) is 4.31 Å². The summed E-state index contributed by atoms with van der Waals surface area (Å²) in [5, 5.41) is 4.24. The average Bonchev–Trinajstić information content (AvgIpc) is 3.13. The zero-order valence-corrected chi connectivity index (χ0v) is 11.4. The fourth-order valence-corrected chi connectivity index (χ4v) is 4.44. The van der Waals surface area contributed by atoms with Crippen molar-refractivity contribution in [1.29, 1.82) is 0 Å². The lowest BCUT2D eigenvalue weighted by molar-refractivity contribution is 0.261. The van der Waals surface area contributed by atoms with E-state index in [-0.39, 0.29) is 5.25 Å². The molecular formula is C12H19N3O2S. The van der Waals surface area contributed by atoms with Crippen molar-refractivity contribution in [2.75, 3.05) is 13.1 Å². The van der Waals surface area contributed by atoms with Crippen molar-refractivity contribution >= 4 is 10.0 Å². The quantitative estimate of drug-likeness (QED) is 0.831. The van der Waals surface area contributed by atoms with Crippen LogP contribution in [-0.2, 0) is 10.0 Å². The molecule has 0 amide bonds. The van der Waals surface area contributed by atoms with E-state index < -0.39 is 10.0 Å². The number of piperidine rings is 1. The Morgan fingerprint density at radius 3 is 2.39 bits per heavy atom. The minimum absolute atomic E-state index is 0.0824. The average molecular weight is 269 g/mol. The summed E-state index contributed by atoms with van der Waals surface area (Å²) in [4.78, 5) is 0. The molecule has 2 heterocycles. The molecule has 1 aromatic heterocycles. The second-order valence-electron chi connectivity index (χ2n) is 5.37. The molecule has 5 nitrogen and oxygen atoms in total. The fourth-order valence-electron chi connectivity index (χ4n) is 2.57. The summed E-state index contributed by atoms with van der Waals surface area (Å²) in [5.41, 5.74) is 1.16. The number of hydrogen-bond donors (Lipinski definition) is 0. The third-order valence-corrected chi connectivity index (χ3v) is 6.23. The number of rotatable bonds is 3. The molecule has 0 bridgehead atoms. The first-order chi connectivity index (χ1) is 8.57. The van der Waals surface area contributed by atoms with E-state index in [4.69, 9.17) is 0 Å². The summed E-state index contributed by atoms with van der Waals surface area (Å²) in [7, 11) is -2.99. The third kappa shape index (κ3) is 2.19. The van der Waals surface area contributed by atoms with Gasteiger partial charge in [0.05, 0.1) is 17.5 Å². The predicted molar refractivity (Wildman–Crippen MR) is 68.7 cm³/mol. The zero-order valence-electron chi connectivity index (χ0n) is 10.6. The van der Waals surface area contributed by atoms with Crippen molar-refractivity contribution in [2.24, 2.45) is 0 Å². The monoisotopic (exact) mass is 269 g/mol. The molecule has 0 aromatic carbocycles. The Bertz CT molecular complexity index is 525. The highest BCUT2D eigenvalue weighted by Crippen LogP contribution is 2.33. The Hall–Kier alpha value is -0.880. The molecule has 2 aliphatic rings. The molecule has 1 saturated heterocycles. The van der Waals surface area contributed by atoms with Crippen LogP contribution in [0.1, 0.15) is 37.3 Å². The molecule has 0 atom stereocenters. The second-order valence-corrected chi connectivity index (χ2v) is 7.59. The predicted octanol–water partition coefficient (Wildman–Crippen LogP) is 1.32. The maximum Gasteiger partial charge on any atom is 0.216 e. The summed E-state index contributed by atoms with van der Waals surface area (Å²) in [6.07, 6.45) is 7.32. The van der Waals surface area contributed by atoms with Gasteiger partial charge in [0, 0.05) is 19.3 Å². The molecular weight excluding hydrogens is 250 g/mol. The Morgan fingerprint density at radius 2 is 1.89 bits per heavy atom. The van der Waals surface area contributed by atoms with E-state index in [9.17, 15) is 8.42 Å². The molecule has 0 spiro atoms. The Kier molecular flexibility index (Phi) is 2.94. The summed E-state index contributed by atoms with van der Waals surface area (Å²) in [5.74, 6) is 0. The van der Waals surface area contributed by atoms with Crippen molar-refractivity contribution in [3.05, 3.63) is 18.0 Å². The van der Waals surface area contributed by atoms with Crippen LogP contribution in [-0.4, -0.2) is 40.8 Å². The van der Waals surface area contributed by atoms with Crippen LogP contribution in [0.2, 0.25) is 0 Å². The number of sulfonamides is 1. The Labute approximate surface area is 108 Å². The van der Waals surface area contributed by atoms with Crippen LogP contribution in [0.25, 0.3) is 0 Å². The van der Waals surface area contributed by atoms with E-state index in [0.29, 0.717) is 19.1 Å². The van der Waals surface area contributed by atoms with Crippen molar-refractivity contribution < 1.29 is 8.42 Å². The molecule has 18 heavy (non-hydrogen) atoms. The highest BCUT2D eigenvalue weighted by molar-refractivity contribution is 7.90. The molecule has 0 unspecified atom stereocenters. The first kappa shape index (κ1) is 12.2. The summed E-state index contributed by atoms with van der Waals surface area (Å²) >= 11 is 0. The largest absolute Gasteiger partial charge is 0.269 e. The number of aromatic nitrogens is 2. The summed E-state index contributed by atoms with van der Waals surface area (Å²) < 4.78 is 27.9. The van der Waals surface area contributed by atoms with Crippen LogP contribution in [0, 0.1) is 6.92 Å². The van der Waals surface area contributed by atoms with Gasteiger partial charge in [0.1, 0.15) is 0 Å². The van der Waals surface area contributed by atoms with Gasteiger partial charge >= 0.3 is 0 Å². The van der Waals surface area contributed by atoms with Crippen LogP contribution < -0.4 is 0 Å². The van der Waals surface area contributed by atoms with E-state index in [0.717, 1.165) is 31.2 Å². The van der Waals surface area contributed by atoms with Gasteiger partial charge in [-0.25, -0.2) is 12.7 Å². The van der Waals surface area contributed by atoms with Crippen molar-refractivity contribution in [1.82, 2.24) is 14.1 Å². The minimum atomic E-state index is -2.99. The van der Waals surface area contributed by atoms with E-state index >= 15 is 0 Å². The zero-order chi connectivity index (χ0) is 12.8. The number of hydrogen-bond acceptors (Lipinski definition) is 3. The van der Waals surface area contributed by atoms with E-state index in [1.807, 2.05) is 24.0 Å². The van der Waals surface area contributed by atoms with Gasteiger partial charge in [0.2, 0.25) is 10.0 Å². The molecule has 6 heteroatoms. The standard InChI is InChI=1S/C12H19N3O2S/c1-10-8-13-15(9-10)11-4-6-14(7-5-11)18(16,17)12-2-3-12/h8-9,11-12H,2-7H2,1H3. The topological polar surface area (TPSA) is 55.2 Å². The third-order valence-electron chi connectivity index (χ3n) is 3.83. The van der Waals surface area contributed by atoms with Gasteiger partial charge in [-0.3, -0.25) is 4.68 Å². The Balaban J connectivity index is 1.64.